The Labute approximate surface area is 181 Å². The molecule has 0 atom stereocenters. The van der Waals surface area contributed by atoms with Gasteiger partial charge in [0.25, 0.3) is 5.56 Å². The van der Waals surface area contributed by atoms with Gasteiger partial charge in [0.2, 0.25) is 0 Å². The first kappa shape index (κ1) is 19.8. The first-order valence-corrected chi connectivity index (χ1v) is 10.2. The molecule has 2 aromatic carbocycles. The minimum atomic E-state index is -0.234. The molecule has 0 radical (unpaired) electrons. The first-order chi connectivity index (χ1) is 14.6. The molecule has 2 aromatic heterocycles. The molecule has 148 valence electrons. The molecule has 0 unspecified atom stereocenters. The smallest absolute Gasteiger partial charge is 0.282 e. The van der Waals surface area contributed by atoms with Gasteiger partial charge >= 0.3 is 0 Å². The van der Waals surface area contributed by atoms with E-state index < -0.39 is 0 Å². The van der Waals surface area contributed by atoms with Gasteiger partial charge in [-0.2, -0.15) is 15.0 Å². The molecule has 0 saturated carbocycles. The van der Waals surface area contributed by atoms with Crippen molar-refractivity contribution in [2.24, 2.45) is 5.10 Å². The van der Waals surface area contributed by atoms with Gasteiger partial charge in [-0.15, -0.1) is 0 Å². The molecule has 30 heavy (non-hydrogen) atoms. The van der Waals surface area contributed by atoms with Crippen LogP contribution in [0, 0.1) is 11.3 Å². The zero-order chi connectivity index (χ0) is 21.1. The minimum Gasteiger partial charge on any atom is -0.455 e. The fourth-order valence-electron chi connectivity index (χ4n) is 3.18. The van der Waals surface area contributed by atoms with Crippen molar-refractivity contribution < 1.29 is 4.42 Å². The molecule has 6 nitrogen and oxygen atoms in total. The summed E-state index contributed by atoms with van der Waals surface area (Å²) < 4.78 is 7.96. The average Bonchev–Trinajstić information content (AvgIpc) is 3.23. The van der Waals surface area contributed by atoms with Crippen LogP contribution in [0.5, 0.6) is 0 Å². The molecule has 0 saturated heterocycles. The number of fused-ring (bicyclic) bond motifs is 1. The molecule has 0 spiro atoms. The van der Waals surface area contributed by atoms with Gasteiger partial charge in [-0.1, -0.05) is 35.0 Å². The van der Waals surface area contributed by atoms with E-state index in [9.17, 15) is 10.1 Å². The Morgan fingerprint density at radius 3 is 2.87 bits per heavy atom. The van der Waals surface area contributed by atoms with E-state index in [1.165, 1.54) is 10.9 Å². The number of benzene rings is 2. The van der Waals surface area contributed by atoms with E-state index in [1.54, 1.807) is 30.3 Å². The van der Waals surface area contributed by atoms with E-state index >= 15 is 0 Å². The fraction of sp³-hybridized carbons (Fsp3) is 0.130. The average molecular weight is 461 g/mol. The third kappa shape index (κ3) is 3.82. The van der Waals surface area contributed by atoms with Crippen molar-refractivity contribution in [3.05, 3.63) is 86.6 Å². The summed E-state index contributed by atoms with van der Waals surface area (Å²) in [6.45, 7) is 2.03. The predicted octanol–water partition coefficient (Wildman–Crippen LogP) is 5.13. The summed E-state index contributed by atoms with van der Waals surface area (Å²) in [6.07, 6.45) is 2.95. The van der Waals surface area contributed by atoms with Gasteiger partial charge < -0.3 is 4.42 Å². The van der Waals surface area contributed by atoms with Crippen LogP contribution in [-0.2, 0) is 6.42 Å². The number of rotatable bonds is 5. The zero-order valence-electron chi connectivity index (χ0n) is 16.2. The molecule has 7 heteroatoms. The van der Waals surface area contributed by atoms with E-state index in [1.807, 2.05) is 31.2 Å². The molecule has 0 amide bonds. The van der Waals surface area contributed by atoms with E-state index in [-0.39, 0.29) is 5.56 Å². The lowest BCUT2D eigenvalue weighted by atomic mass is 10.1. The molecule has 0 aliphatic heterocycles. The van der Waals surface area contributed by atoms with Crippen LogP contribution in [0.4, 0.5) is 0 Å². The van der Waals surface area contributed by atoms with Crippen molar-refractivity contribution in [1.29, 1.82) is 5.26 Å². The summed E-state index contributed by atoms with van der Waals surface area (Å²) in [5.74, 6) is 1.63. The fourth-order valence-corrected chi connectivity index (χ4v) is 3.54. The maximum atomic E-state index is 13.0. The third-order valence-electron chi connectivity index (χ3n) is 4.59. The molecule has 0 aliphatic carbocycles. The van der Waals surface area contributed by atoms with Gasteiger partial charge in [-0.05, 0) is 48.9 Å². The Morgan fingerprint density at radius 1 is 1.23 bits per heavy atom. The first-order valence-electron chi connectivity index (χ1n) is 9.45. The Kier molecular flexibility index (Phi) is 5.59. The third-order valence-corrected chi connectivity index (χ3v) is 5.08. The van der Waals surface area contributed by atoms with Crippen molar-refractivity contribution in [1.82, 2.24) is 9.66 Å². The predicted molar refractivity (Wildman–Crippen MR) is 120 cm³/mol. The second kappa shape index (κ2) is 8.47. The highest BCUT2D eigenvalue weighted by Gasteiger charge is 2.11. The molecule has 2 heterocycles. The molecule has 0 N–H and O–H groups in total. The second-order valence-corrected chi connectivity index (χ2v) is 7.58. The molecular weight excluding hydrogens is 444 g/mol. The highest BCUT2D eigenvalue weighted by Crippen LogP contribution is 2.25. The van der Waals surface area contributed by atoms with Crippen LogP contribution in [0.25, 0.3) is 22.2 Å². The van der Waals surface area contributed by atoms with E-state index in [4.69, 9.17) is 4.42 Å². The van der Waals surface area contributed by atoms with Crippen molar-refractivity contribution in [2.75, 3.05) is 0 Å². The number of hydrogen-bond donors (Lipinski definition) is 0. The van der Waals surface area contributed by atoms with Crippen LogP contribution < -0.4 is 5.56 Å². The Morgan fingerprint density at radius 2 is 2.07 bits per heavy atom. The summed E-state index contributed by atoms with van der Waals surface area (Å²) >= 11 is 3.40. The van der Waals surface area contributed by atoms with Crippen LogP contribution in [0.15, 0.2) is 73.4 Å². The van der Waals surface area contributed by atoms with Crippen LogP contribution in [-0.4, -0.2) is 15.9 Å². The Bertz CT molecular complexity index is 1360. The minimum absolute atomic E-state index is 0.234. The van der Waals surface area contributed by atoms with Gasteiger partial charge in [-0.3, -0.25) is 4.79 Å². The number of aryl methyl sites for hydroxylation is 1. The summed E-state index contributed by atoms with van der Waals surface area (Å²) in [7, 11) is 0. The van der Waals surface area contributed by atoms with Gasteiger partial charge in [0.15, 0.2) is 0 Å². The lowest BCUT2D eigenvalue weighted by molar-refractivity contribution is 0.573. The molecular formula is C23H17BrN4O2. The Hall–Kier alpha value is -3.50. The standard InChI is InChI=1S/C23H17BrN4O2/c1-2-5-22-27-20-10-8-16(24)12-19(20)23(29)28(22)26-14-17-9-11-21(30-17)18-7-4-3-6-15(18)13-25/h3-4,6-12,14H,2,5H2,1H3. The number of aromatic nitrogens is 2. The van der Waals surface area contributed by atoms with Crippen molar-refractivity contribution in [3.8, 4) is 17.4 Å². The number of nitrogens with zero attached hydrogens (tertiary/aromatic N) is 4. The lowest BCUT2D eigenvalue weighted by Crippen LogP contribution is -2.22. The largest absolute Gasteiger partial charge is 0.455 e. The summed E-state index contributed by atoms with van der Waals surface area (Å²) in [4.78, 5) is 17.6. The molecule has 0 bridgehead atoms. The zero-order valence-corrected chi connectivity index (χ0v) is 17.8. The number of halogens is 1. The number of hydrogen-bond acceptors (Lipinski definition) is 5. The number of furan rings is 1. The normalized spacial score (nSPS) is 11.2. The lowest BCUT2D eigenvalue weighted by Gasteiger charge is -2.08. The monoisotopic (exact) mass is 460 g/mol. The molecule has 4 aromatic rings. The van der Waals surface area contributed by atoms with Crippen molar-refractivity contribution in [2.45, 2.75) is 19.8 Å². The van der Waals surface area contributed by atoms with E-state index in [0.717, 1.165) is 10.9 Å². The molecule has 0 aliphatic rings. The highest BCUT2D eigenvalue weighted by atomic mass is 79.9. The molecule has 0 fully saturated rings. The quantitative estimate of drug-likeness (QED) is 0.386. The van der Waals surface area contributed by atoms with Crippen LogP contribution in [0.3, 0.4) is 0 Å². The van der Waals surface area contributed by atoms with Gasteiger partial charge in [-0.25, -0.2) is 4.98 Å². The van der Waals surface area contributed by atoms with Crippen LogP contribution >= 0.6 is 15.9 Å². The van der Waals surface area contributed by atoms with Gasteiger partial charge in [0.05, 0.1) is 28.8 Å². The summed E-state index contributed by atoms with van der Waals surface area (Å²) in [5, 5.41) is 14.1. The van der Waals surface area contributed by atoms with E-state index in [2.05, 4.69) is 32.1 Å². The number of nitriles is 1. The van der Waals surface area contributed by atoms with Gasteiger partial charge in [0, 0.05) is 16.5 Å². The Balaban J connectivity index is 1.75. The van der Waals surface area contributed by atoms with Crippen molar-refractivity contribution >= 4 is 33.0 Å². The molecule has 4 rings (SSSR count). The summed E-state index contributed by atoms with van der Waals surface area (Å²) in [6, 6.07) is 18.3. The second-order valence-electron chi connectivity index (χ2n) is 6.66. The maximum absolute atomic E-state index is 13.0. The maximum Gasteiger partial charge on any atom is 0.282 e. The van der Waals surface area contributed by atoms with Crippen molar-refractivity contribution in [3.63, 3.8) is 0 Å². The van der Waals surface area contributed by atoms with Gasteiger partial charge in [0.1, 0.15) is 17.3 Å². The summed E-state index contributed by atoms with van der Waals surface area (Å²) in [5.41, 5.74) is 1.65. The SMILES string of the molecule is CCCc1nc2ccc(Br)cc2c(=O)n1N=Cc1ccc(-c2ccccc2C#N)o1. The van der Waals surface area contributed by atoms with Crippen LogP contribution in [0.1, 0.15) is 30.5 Å². The topological polar surface area (TPSA) is 84.2 Å². The van der Waals surface area contributed by atoms with E-state index in [0.29, 0.717) is 45.8 Å². The highest BCUT2D eigenvalue weighted by molar-refractivity contribution is 9.10. The van der Waals surface area contributed by atoms with Crippen LogP contribution in [0.2, 0.25) is 0 Å².